The molecule has 0 heterocycles. The number of alkyl carbamates (subject to hydrolysis) is 1. The van der Waals surface area contributed by atoms with Crippen LogP contribution in [0.1, 0.15) is 37.5 Å². The summed E-state index contributed by atoms with van der Waals surface area (Å²) in [6.07, 6.45) is -3.04. The minimum atomic E-state index is -1.37. The number of rotatable bonds is 11. The Bertz CT molecular complexity index is 1280. The number of methoxy groups -OCH3 is 1. The highest BCUT2D eigenvalue weighted by atomic mass is 19.1. The fourth-order valence-electron chi connectivity index (χ4n) is 4.08. The molecule has 2 N–H and O–H groups in total. The number of carbonyl (C=O) groups is 2. The van der Waals surface area contributed by atoms with Crippen LogP contribution in [0.3, 0.4) is 0 Å². The summed E-state index contributed by atoms with van der Waals surface area (Å²) >= 11 is 0. The standard InChI is InChI=1S/C31H36F2N2O6/c1-31(2,3)41-29(37)34-27(16-23-13-24(32)17-25(33)14-23)28(36)19-35(18-22-11-8-12-26(15-22)39-4)30(38)40-20-21-9-6-5-7-10-21/h5-15,17,27-28,36H,16,18-20H2,1-4H3,(H,34,37). The lowest BCUT2D eigenvalue weighted by molar-refractivity contribution is 0.0327. The lowest BCUT2D eigenvalue weighted by Gasteiger charge is -2.31. The number of carbonyl (C=O) groups excluding carboxylic acids is 2. The SMILES string of the molecule is COc1cccc(CN(CC(O)C(Cc2cc(F)cc(F)c2)NC(=O)OC(C)(C)C)C(=O)OCc2ccccc2)c1. The van der Waals surface area contributed by atoms with Gasteiger partial charge in [-0.15, -0.1) is 0 Å². The van der Waals surface area contributed by atoms with E-state index in [1.165, 1.54) is 12.0 Å². The van der Waals surface area contributed by atoms with Crippen LogP contribution >= 0.6 is 0 Å². The van der Waals surface area contributed by atoms with Gasteiger partial charge in [0.2, 0.25) is 0 Å². The average Bonchev–Trinajstić information content (AvgIpc) is 2.90. The van der Waals surface area contributed by atoms with Crippen LogP contribution in [-0.2, 0) is 29.0 Å². The van der Waals surface area contributed by atoms with Gasteiger partial charge in [-0.1, -0.05) is 42.5 Å². The normalized spacial score (nSPS) is 12.7. The maximum Gasteiger partial charge on any atom is 0.410 e. The van der Waals surface area contributed by atoms with E-state index < -0.39 is 41.6 Å². The van der Waals surface area contributed by atoms with Gasteiger partial charge in [-0.2, -0.15) is 0 Å². The molecule has 2 unspecified atom stereocenters. The average molecular weight is 571 g/mol. The molecule has 0 saturated heterocycles. The molecule has 3 aromatic carbocycles. The van der Waals surface area contributed by atoms with Crippen LogP contribution in [0.4, 0.5) is 18.4 Å². The van der Waals surface area contributed by atoms with E-state index in [9.17, 15) is 23.5 Å². The second-order valence-corrected chi connectivity index (χ2v) is 10.6. The minimum absolute atomic E-state index is 0.00648. The number of hydrogen-bond donors (Lipinski definition) is 2. The van der Waals surface area contributed by atoms with Crippen molar-refractivity contribution in [3.05, 3.63) is 101 Å². The van der Waals surface area contributed by atoms with Crippen molar-refractivity contribution < 1.29 is 37.7 Å². The van der Waals surface area contributed by atoms with Crippen LogP contribution in [-0.4, -0.2) is 53.6 Å². The van der Waals surface area contributed by atoms with Crippen LogP contribution in [0.25, 0.3) is 0 Å². The monoisotopic (exact) mass is 570 g/mol. The number of halogens is 2. The summed E-state index contributed by atoms with van der Waals surface area (Å²) in [6, 6.07) is 18.1. The maximum absolute atomic E-state index is 13.9. The van der Waals surface area contributed by atoms with Gasteiger partial charge in [0, 0.05) is 12.6 Å². The third kappa shape index (κ3) is 10.7. The highest BCUT2D eigenvalue weighted by Crippen LogP contribution is 2.18. The summed E-state index contributed by atoms with van der Waals surface area (Å²) < 4.78 is 44.0. The molecular weight excluding hydrogens is 534 g/mol. The van der Waals surface area contributed by atoms with Crippen LogP contribution in [0, 0.1) is 11.6 Å². The molecule has 8 nitrogen and oxygen atoms in total. The zero-order chi connectivity index (χ0) is 30.0. The van der Waals surface area contributed by atoms with Crippen molar-refractivity contribution >= 4 is 12.2 Å². The van der Waals surface area contributed by atoms with Gasteiger partial charge >= 0.3 is 12.2 Å². The third-order valence-electron chi connectivity index (χ3n) is 5.92. The number of nitrogens with one attached hydrogen (secondary N) is 1. The predicted molar refractivity (Wildman–Crippen MR) is 149 cm³/mol. The number of hydrogen-bond acceptors (Lipinski definition) is 6. The zero-order valence-electron chi connectivity index (χ0n) is 23.6. The smallest absolute Gasteiger partial charge is 0.410 e. The third-order valence-corrected chi connectivity index (χ3v) is 5.92. The Morgan fingerprint density at radius 2 is 1.59 bits per heavy atom. The lowest BCUT2D eigenvalue weighted by atomic mass is 10.0. The Kier molecular flexibility index (Phi) is 11.0. The van der Waals surface area contributed by atoms with Gasteiger partial charge in [0.1, 0.15) is 29.6 Å². The van der Waals surface area contributed by atoms with Gasteiger partial charge < -0.3 is 29.5 Å². The van der Waals surface area contributed by atoms with Gasteiger partial charge in [-0.05, 0) is 68.1 Å². The largest absolute Gasteiger partial charge is 0.497 e. The van der Waals surface area contributed by atoms with Crippen LogP contribution < -0.4 is 10.1 Å². The Balaban J connectivity index is 1.84. The molecule has 220 valence electrons. The van der Waals surface area contributed by atoms with Gasteiger partial charge in [0.25, 0.3) is 0 Å². The topological polar surface area (TPSA) is 97.3 Å². The number of benzene rings is 3. The summed E-state index contributed by atoms with van der Waals surface area (Å²) in [5.74, 6) is -1.01. The van der Waals surface area contributed by atoms with Crippen LogP contribution in [0.5, 0.6) is 5.75 Å². The number of aliphatic hydroxyl groups is 1. The van der Waals surface area contributed by atoms with E-state index in [1.807, 2.05) is 30.3 Å². The quantitative estimate of drug-likeness (QED) is 0.311. The summed E-state index contributed by atoms with van der Waals surface area (Å²) in [5, 5.41) is 13.9. The van der Waals surface area contributed by atoms with Gasteiger partial charge in [-0.25, -0.2) is 18.4 Å². The molecule has 2 atom stereocenters. The Morgan fingerprint density at radius 3 is 2.22 bits per heavy atom. The Hall–Kier alpha value is -4.18. The van der Waals surface area contributed by atoms with Crippen molar-refractivity contribution in [3.63, 3.8) is 0 Å². The van der Waals surface area contributed by atoms with Crippen molar-refractivity contribution in [2.24, 2.45) is 0 Å². The van der Waals surface area contributed by atoms with Crippen LogP contribution in [0.15, 0.2) is 72.8 Å². The van der Waals surface area contributed by atoms with E-state index in [-0.39, 0.29) is 31.7 Å². The van der Waals surface area contributed by atoms with Crippen molar-refractivity contribution in [1.29, 1.82) is 0 Å². The summed E-state index contributed by atoms with van der Waals surface area (Å²) in [4.78, 5) is 27.2. The maximum atomic E-state index is 13.9. The molecule has 10 heteroatoms. The molecule has 3 aromatic rings. The number of nitrogens with zero attached hydrogens (tertiary/aromatic N) is 1. The van der Waals surface area contributed by atoms with Crippen molar-refractivity contribution in [2.75, 3.05) is 13.7 Å². The molecule has 0 aliphatic heterocycles. The molecule has 0 saturated carbocycles. The molecule has 0 aliphatic carbocycles. The van der Waals surface area contributed by atoms with E-state index in [2.05, 4.69) is 5.32 Å². The van der Waals surface area contributed by atoms with E-state index >= 15 is 0 Å². The summed E-state index contributed by atoms with van der Waals surface area (Å²) in [6.45, 7) is 4.82. The fraction of sp³-hybridized carbons (Fsp3) is 0.355. The molecule has 0 aromatic heterocycles. The molecule has 0 aliphatic rings. The van der Waals surface area contributed by atoms with Crippen LogP contribution in [0.2, 0.25) is 0 Å². The highest BCUT2D eigenvalue weighted by molar-refractivity contribution is 5.69. The van der Waals surface area contributed by atoms with E-state index in [0.29, 0.717) is 11.3 Å². The highest BCUT2D eigenvalue weighted by Gasteiger charge is 2.29. The first-order chi connectivity index (χ1) is 19.4. The summed E-state index contributed by atoms with van der Waals surface area (Å²) in [7, 11) is 1.52. The number of ether oxygens (including phenoxy) is 3. The second kappa shape index (κ2) is 14.5. The summed E-state index contributed by atoms with van der Waals surface area (Å²) in [5.41, 5.74) is 0.857. The van der Waals surface area contributed by atoms with Gasteiger partial charge in [-0.3, -0.25) is 0 Å². The fourth-order valence-corrected chi connectivity index (χ4v) is 4.08. The molecule has 3 rings (SSSR count). The number of amides is 2. The molecule has 0 bridgehead atoms. The Morgan fingerprint density at radius 1 is 0.927 bits per heavy atom. The van der Waals surface area contributed by atoms with Gasteiger partial charge in [0.05, 0.1) is 25.8 Å². The first-order valence-corrected chi connectivity index (χ1v) is 13.1. The minimum Gasteiger partial charge on any atom is -0.497 e. The predicted octanol–water partition coefficient (Wildman–Crippen LogP) is 5.61. The molecule has 0 fully saturated rings. The molecule has 2 amide bonds. The van der Waals surface area contributed by atoms with E-state index in [0.717, 1.165) is 23.8 Å². The second-order valence-electron chi connectivity index (χ2n) is 10.6. The molecule has 0 radical (unpaired) electrons. The first-order valence-electron chi connectivity index (χ1n) is 13.1. The van der Waals surface area contributed by atoms with Gasteiger partial charge in [0.15, 0.2) is 0 Å². The zero-order valence-corrected chi connectivity index (χ0v) is 23.6. The molecule has 0 spiro atoms. The lowest BCUT2D eigenvalue weighted by Crippen LogP contribution is -2.51. The first kappa shape index (κ1) is 31.3. The van der Waals surface area contributed by atoms with Crippen molar-refractivity contribution in [3.8, 4) is 5.75 Å². The molecule has 41 heavy (non-hydrogen) atoms. The van der Waals surface area contributed by atoms with Crippen molar-refractivity contribution in [1.82, 2.24) is 10.2 Å². The molecular formula is C31H36F2N2O6. The van der Waals surface area contributed by atoms with E-state index in [1.54, 1.807) is 45.0 Å². The Labute approximate surface area is 238 Å². The van der Waals surface area contributed by atoms with Crippen molar-refractivity contribution in [2.45, 2.75) is 58.1 Å². The number of aliphatic hydroxyl groups excluding tert-OH is 1. The van der Waals surface area contributed by atoms with E-state index in [4.69, 9.17) is 14.2 Å².